The summed E-state index contributed by atoms with van der Waals surface area (Å²) in [6, 6.07) is 14.4. The fourth-order valence-electron chi connectivity index (χ4n) is 2.89. The van der Waals surface area contributed by atoms with Crippen molar-refractivity contribution < 1.29 is 31.1 Å². The molecule has 3 aromatic carbocycles. The molecule has 0 atom stereocenters. The van der Waals surface area contributed by atoms with Crippen molar-refractivity contribution in [1.29, 1.82) is 0 Å². The fourth-order valence-corrected chi connectivity index (χ4v) is 3.96. The standard InChI is InChI=1S/C22H19F3N2O4S/c1-14-9-10-19(32(29,30)27-17-7-4-8-18(12-17)31-2)13-20(14)21(28)26-16-6-3-5-15(11-16)22(23,24)25/h3-13,27H,1-2H3,(H,26,28). The first-order valence-electron chi connectivity index (χ1n) is 9.26. The van der Waals surface area contributed by atoms with Gasteiger partial charge in [0.15, 0.2) is 0 Å². The lowest BCUT2D eigenvalue weighted by Gasteiger charge is -2.13. The second-order valence-electron chi connectivity index (χ2n) is 6.85. The molecule has 1 amide bonds. The van der Waals surface area contributed by atoms with Crippen LogP contribution in [0.15, 0.2) is 71.6 Å². The van der Waals surface area contributed by atoms with Crippen LogP contribution in [0, 0.1) is 6.92 Å². The van der Waals surface area contributed by atoms with Gasteiger partial charge in [0.25, 0.3) is 15.9 Å². The van der Waals surface area contributed by atoms with Crippen molar-refractivity contribution in [3.05, 3.63) is 83.4 Å². The lowest BCUT2D eigenvalue weighted by Crippen LogP contribution is -2.17. The Kier molecular flexibility index (Phi) is 6.45. The van der Waals surface area contributed by atoms with Gasteiger partial charge in [-0.15, -0.1) is 0 Å². The molecule has 0 heterocycles. The maximum Gasteiger partial charge on any atom is 0.416 e. The number of nitrogens with one attached hydrogen (secondary N) is 2. The number of rotatable bonds is 6. The van der Waals surface area contributed by atoms with Gasteiger partial charge >= 0.3 is 6.18 Å². The molecule has 6 nitrogen and oxygen atoms in total. The number of ether oxygens (including phenoxy) is 1. The quantitative estimate of drug-likeness (QED) is 0.533. The topological polar surface area (TPSA) is 84.5 Å². The number of alkyl halides is 3. The maximum atomic E-state index is 12.9. The Hall–Kier alpha value is -3.53. The first-order chi connectivity index (χ1) is 15.0. The van der Waals surface area contributed by atoms with E-state index < -0.39 is 27.7 Å². The predicted octanol–water partition coefficient (Wildman–Crippen LogP) is 5.08. The Labute approximate surface area is 183 Å². The number of benzene rings is 3. The van der Waals surface area contributed by atoms with Crippen LogP contribution in [0.3, 0.4) is 0 Å². The van der Waals surface area contributed by atoms with Crippen molar-refractivity contribution in [2.75, 3.05) is 17.1 Å². The van der Waals surface area contributed by atoms with Gasteiger partial charge in [0.05, 0.1) is 23.3 Å². The third kappa shape index (κ3) is 5.38. The van der Waals surface area contributed by atoms with E-state index in [1.54, 1.807) is 19.1 Å². The Balaban J connectivity index is 1.87. The average Bonchev–Trinajstić information content (AvgIpc) is 2.73. The third-order valence-corrected chi connectivity index (χ3v) is 5.91. The van der Waals surface area contributed by atoms with Gasteiger partial charge in [-0.05, 0) is 55.0 Å². The molecule has 0 fully saturated rings. The van der Waals surface area contributed by atoms with Gasteiger partial charge in [-0.25, -0.2) is 8.42 Å². The number of hydrogen-bond donors (Lipinski definition) is 2. The summed E-state index contributed by atoms with van der Waals surface area (Å²) in [5, 5.41) is 2.38. The average molecular weight is 464 g/mol. The number of halogens is 3. The van der Waals surface area contributed by atoms with Crippen LogP contribution in [0.1, 0.15) is 21.5 Å². The van der Waals surface area contributed by atoms with Crippen LogP contribution in [0.4, 0.5) is 24.5 Å². The zero-order valence-corrected chi connectivity index (χ0v) is 17.8. The molecule has 0 aliphatic rings. The molecule has 0 saturated carbocycles. The summed E-state index contributed by atoms with van der Waals surface area (Å²) in [5.74, 6) is -0.282. The Bertz CT molecular complexity index is 1260. The SMILES string of the molecule is COc1cccc(NS(=O)(=O)c2ccc(C)c(C(=O)Nc3cccc(C(F)(F)F)c3)c2)c1. The van der Waals surface area contributed by atoms with E-state index in [4.69, 9.17) is 4.74 Å². The van der Waals surface area contributed by atoms with E-state index in [0.717, 1.165) is 12.1 Å². The largest absolute Gasteiger partial charge is 0.497 e. The lowest BCUT2D eigenvalue weighted by molar-refractivity contribution is -0.137. The highest BCUT2D eigenvalue weighted by Gasteiger charge is 2.30. The number of anilines is 2. The van der Waals surface area contributed by atoms with Crippen molar-refractivity contribution in [3.8, 4) is 5.75 Å². The molecular formula is C22H19F3N2O4S. The molecule has 32 heavy (non-hydrogen) atoms. The van der Waals surface area contributed by atoms with Crippen LogP contribution in [0.2, 0.25) is 0 Å². The van der Waals surface area contributed by atoms with E-state index in [9.17, 15) is 26.4 Å². The summed E-state index contributed by atoms with van der Waals surface area (Å²) in [6.07, 6.45) is -4.56. The molecule has 0 saturated heterocycles. The molecule has 0 aromatic heterocycles. The summed E-state index contributed by atoms with van der Waals surface area (Å²) < 4.78 is 71.8. The summed E-state index contributed by atoms with van der Waals surface area (Å²) in [4.78, 5) is 12.5. The van der Waals surface area contributed by atoms with Gasteiger partial charge in [-0.2, -0.15) is 13.2 Å². The zero-order chi connectivity index (χ0) is 23.5. The van der Waals surface area contributed by atoms with Crippen molar-refractivity contribution in [3.63, 3.8) is 0 Å². The van der Waals surface area contributed by atoms with Crippen LogP contribution in [-0.2, 0) is 16.2 Å². The monoisotopic (exact) mass is 464 g/mol. The molecule has 10 heteroatoms. The Morgan fingerprint density at radius 2 is 1.62 bits per heavy atom. The van der Waals surface area contributed by atoms with E-state index >= 15 is 0 Å². The Morgan fingerprint density at radius 3 is 2.31 bits per heavy atom. The molecule has 2 N–H and O–H groups in total. The van der Waals surface area contributed by atoms with E-state index in [0.29, 0.717) is 11.3 Å². The second kappa shape index (κ2) is 8.91. The van der Waals surface area contributed by atoms with Gasteiger partial charge in [-0.1, -0.05) is 18.2 Å². The highest BCUT2D eigenvalue weighted by Crippen LogP contribution is 2.31. The van der Waals surface area contributed by atoms with Crippen LogP contribution in [-0.4, -0.2) is 21.4 Å². The number of methoxy groups -OCH3 is 1. The Morgan fingerprint density at radius 1 is 0.938 bits per heavy atom. The first kappa shape index (κ1) is 23.1. The molecule has 0 aliphatic carbocycles. The number of sulfonamides is 1. The van der Waals surface area contributed by atoms with E-state index in [1.807, 2.05) is 0 Å². The van der Waals surface area contributed by atoms with Gasteiger partial charge in [-0.3, -0.25) is 9.52 Å². The van der Waals surface area contributed by atoms with Gasteiger partial charge in [0, 0.05) is 17.3 Å². The molecule has 0 aliphatic heterocycles. The molecule has 0 bridgehead atoms. The summed E-state index contributed by atoms with van der Waals surface area (Å²) >= 11 is 0. The van der Waals surface area contributed by atoms with E-state index in [-0.39, 0.29) is 21.8 Å². The first-order valence-corrected chi connectivity index (χ1v) is 10.7. The van der Waals surface area contributed by atoms with E-state index in [1.165, 1.54) is 49.6 Å². The predicted molar refractivity (Wildman–Crippen MR) is 114 cm³/mol. The number of aryl methyl sites for hydroxylation is 1. The minimum Gasteiger partial charge on any atom is -0.497 e. The van der Waals surface area contributed by atoms with Crippen molar-refractivity contribution in [1.82, 2.24) is 0 Å². The lowest BCUT2D eigenvalue weighted by atomic mass is 10.1. The summed E-state index contributed by atoms with van der Waals surface area (Å²) in [6.45, 7) is 1.59. The van der Waals surface area contributed by atoms with Crippen molar-refractivity contribution in [2.24, 2.45) is 0 Å². The number of hydrogen-bond acceptors (Lipinski definition) is 4. The van der Waals surface area contributed by atoms with Crippen molar-refractivity contribution in [2.45, 2.75) is 18.0 Å². The van der Waals surface area contributed by atoms with Crippen LogP contribution in [0.25, 0.3) is 0 Å². The molecule has 168 valence electrons. The molecular weight excluding hydrogens is 445 g/mol. The fraction of sp³-hybridized carbons (Fsp3) is 0.136. The van der Waals surface area contributed by atoms with Gasteiger partial charge < -0.3 is 10.1 Å². The summed E-state index contributed by atoms with van der Waals surface area (Å²) in [7, 11) is -2.60. The second-order valence-corrected chi connectivity index (χ2v) is 8.53. The zero-order valence-electron chi connectivity index (χ0n) is 17.0. The van der Waals surface area contributed by atoms with Gasteiger partial charge in [0.2, 0.25) is 0 Å². The molecule has 3 aromatic rings. The van der Waals surface area contributed by atoms with E-state index in [2.05, 4.69) is 10.0 Å². The molecule has 0 unspecified atom stereocenters. The van der Waals surface area contributed by atoms with Crippen LogP contribution >= 0.6 is 0 Å². The van der Waals surface area contributed by atoms with Crippen molar-refractivity contribution >= 4 is 27.3 Å². The highest BCUT2D eigenvalue weighted by atomic mass is 32.2. The normalized spacial score (nSPS) is 11.7. The molecule has 0 spiro atoms. The van der Waals surface area contributed by atoms with Gasteiger partial charge in [0.1, 0.15) is 5.75 Å². The van der Waals surface area contributed by atoms with Crippen LogP contribution < -0.4 is 14.8 Å². The smallest absolute Gasteiger partial charge is 0.416 e. The highest BCUT2D eigenvalue weighted by molar-refractivity contribution is 7.92. The minimum absolute atomic E-state index is 0.0101. The molecule has 3 rings (SSSR count). The number of carbonyl (C=O) groups excluding carboxylic acids is 1. The molecule has 0 radical (unpaired) electrons. The maximum absolute atomic E-state index is 12.9. The number of amides is 1. The minimum atomic E-state index is -4.56. The van der Waals surface area contributed by atoms with Crippen LogP contribution in [0.5, 0.6) is 5.75 Å². The summed E-state index contributed by atoms with van der Waals surface area (Å²) in [5.41, 5.74) is -0.247. The number of carbonyl (C=O) groups is 1. The third-order valence-electron chi connectivity index (χ3n) is 4.53.